The van der Waals surface area contributed by atoms with Gasteiger partial charge in [-0.3, -0.25) is 0 Å². The third-order valence-corrected chi connectivity index (χ3v) is 4.70. The van der Waals surface area contributed by atoms with Gasteiger partial charge >= 0.3 is 0 Å². The number of hydrogen-bond donors (Lipinski definition) is 0. The molecule has 2 rings (SSSR count). The van der Waals surface area contributed by atoms with Crippen LogP contribution in [0.3, 0.4) is 0 Å². The summed E-state index contributed by atoms with van der Waals surface area (Å²) in [4.78, 5) is 1.00. The molecular weight excluding hydrogens is 216 g/mol. The monoisotopic (exact) mass is 234 g/mol. The van der Waals surface area contributed by atoms with Gasteiger partial charge in [-0.2, -0.15) is 0 Å². The molecule has 0 heterocycles. The average Bonchev–Trinajstić information content (AvgIpc) is 2.30. The second-order valence-corrected chi connectivity index (χ2v) is 6.23. The van der Waals surface area contributed by atoms with Crippen molar-refractivity contribution in [1.82, 2.24) is 0 Å². The van der Waals surface area contributed by atoms with E-state index < -0.39 is 11.2 Å². The first kappa shape index (κ1) is 11.7. The smallest absolute Gasteiger partial charge is 0.148 e. The molecular formula is C14H18OS. The van der Waals surface area contributed by atoms with Crippen LogP contribution in [-0.4, -0.2) is 9.80 Å². The van der Waals surface area contributed by atoms with Gasteiger partial charge in [-0.1, -0.05) is 30.7 Å². The molecule has 0 saturated carbocycles. The Labute approximate surface area is 101 Å². The lowest BCUT2D eigenvalue weighted by molar-refractivity contribution is 0.593. The summed E-state index contributed by atoms with van der Waals surface area (Å²) in [5.74, 6) is 0.588. The topological polar surface area (TPSA) is 23.1 Å². The molecule has 0 aromatic rings. The lowest BCUT2D eigenvalue weighted by Crippen LogP contribution is -2.22. The molecule has 86 valence electrons. The van der Waals surface area contributed by atoms with Gasteiger partial charge < -0.3 is 4.55 Å². The van der Waals surface area contributed by atoms with Gasteiger partial charge in [0.1, 0.15) is 10.2 Å². The Balaban J connectivity index is 2.01. The lowest BCUT2D eigenvalue weighted by Gasteiger charge is -2.22. The standard InChI is InChI=1S/C14H18OS/c1-11-3-7-13(8-4-11)16(15)14-9-5-12(2)6-10-14/h3-5,7,9-10,12-13H,6,8H2,1-2H3. The van der Waals surface area contributed by atoms with Crippen LogP contribution in [0.5, 0.6) is 0 Å². The van der Waals surface area contributed by atoms with Crippen molar-refractivity contribution in [2.24, 2.45) is 5.92 Å². The summed E-state index contributed by atoms with van der Waals surface area (Å²) in [7, 11) is 0. The predicted octanol–water partition coefficient (Wildman–Crippen LogP) is 3.49. The molecule has 0 bridgehead atoms. The van der Waals surface area contributed by atoms with Crippen LogP contribution in [0, 0.1) is 5.92 Å². The largest absolute Gasteiger partial charge is 0.611 e. The summed E-state index contributed by atoms with van der Waals surface area (Å²) in [5.41, 5.74) is 1.27. The maximum Gasteiger partial charge on any atom is 0.148 e. The molecule has 0 aromatic carbocycles. The molecule has 2 aliphatic carbocycles. The Bertz CT molecular complexity index is 376. The minimum absolute atomic E-state index is 0.160. The van der Waals surface area contributed by atoms with E-state index in [2.05, 4.69) is 44.2 Å². The van der Waals surface area contributed by atoms with Crippen LogP contribution in [0.25, 0.3) is 0 Å². The first-order valence-corrected chi connectivity index (χ1v) is 7.02. The van der Waals surface area contributed by atoms with Crippen molar-refractivity contribution in [3.63, 3.8) is 0 Å². The van der Waals surface area contributed by atoms with Gasteiger partial charge in [-0.25, -0.2) is 0 Å². The number of rotatable bonds is 2. The third kappa shape index (κ3) is 2.69. The molecule has 16 heavy (non-hydrogen) atoms. The van der Waals surface area contributed by atoms with E-state index in [1.165, 1.54) is 5.57 Å². The SMILES string of the molecule is CC1=CCC([S+]([O-])C2=CCC(C)C=C2)C=C1. The first-order valence-electron chi connectivity index (χ1n) is 5.80. The highest BCUT2D eigenvalue weighted by Gasteiger charge is 2.24. The summed E-state index contributed by atoms with van der Waals surface area (Å²) in [6, 6.07) is 0. The van der Waals surface area contributed by atoms with Gasteiger partial charge in [-0.15, -0.1) is 0 Å². The first-order chi connectivity index (χ1) is 7.66. The third-order valence-electron chi connectivity index (χ3n) is 3.03. The lowest BCUT2D eigenvalue weighted by atomic mass is 10.0. The highest BCUT2D eigenvalue weighted by atomic mass is 32.2. The van der Waals surface area contributed by atoms with Gasteiger partial charge in [0.15, 0.2) is 0 Å². The maximum atomic E-state index is 12.3. The summed E-state index contributed by atoms with van der Waals surface area (Å²) < 4.78 is 12.3. The van der Waals surface area contributed by atoms with Crippen molar-refractivity contribution in [3.05, 3.63) is 46.9 Å². The second-order valence-electron chi connectivity index (χ2n) is 4.56. The van der Waals surface area contributed by atoms with Gasteiger partial charge in [0.2, 0.25) is 0 Å². The Morgan fingerprint density at radius 3 is 2.56 bits per heavy atom. The van der Waals surface area contributed by atoms with Crippen molar-refractivity contribution in [2.45, 2.75) is 31.9 Å². The highest BCUT2D eigenvalue weighted by molar-refractivity contribution is 7.96. The Hall–Kier alpha value is -0.730. The zero-order chi connectivity index (χ0) is 11.5. The molecule has 3 atom stereocenters. The van der Waals surface area contributed by atoms with Gasteiger partial charge in [0.05, 0.1) is 0 Å². The Morgan fingerprint density at radius 1 is 1.19 bits per heavy atom. The van der Waals surface area contributed by atoms with Crippen LogP contribution in [0.1, 0.15) is 26.7 Å². The van der Waals surface area contributed by atoms with E-state index in [1.54, 1.807) is 0 Å². The number of allylic oxidation sites excluding steroid dienone is 6. The fraction of sp³-hybridized carbons (Fsp3) is 0.429. The van der Waals surface area contributed by atoms with E-state index in [1.807, 2.05) is 6.08 Å². The van der Waals surface area contributed by atoms with Crippen LogP contribution < -0.4 is 0 Å². The summed E-state index contributed by atoms with van der Waals surface area (Å²) in [6.45, 7) is 4.26. The van der Waals surface area contributed by atoms with Crippen LogP contribution in [0.2, 0.25) is 0 Å². The van der Waals surface area contributed by atoms with Gasteiger partial charge in [0, 0.05) is 6.42 Å². The highest BCUT2D eigenvalue weighted by Crippen LogP contribution is 2.27. The zero-order valence-electron chi connectivity index (χ0n) is 9.85. The molecule has 0 fully saturated rings. The van der Waals surface area contributed by atoms with Crippen LogP contribution >= 0.6 is 0 Å². The minimum atomic E-state index is -0.880. The fourth-order valence-electron chi connectivity index (χ4n) is 1.90. The summed E-state index contributed by atoms with van der Waals surface area (Å²) >= 11 is -0.880. The Kier molecular flexibility index (Phi) is 3.72. The molecule has 3 unspecified atom stereocenters. The second kappa shape index (κ2) is 5.07. The van der Waals surface area contributed by atoms with Crippen LogP contribution in [0.4, 0.5) is 0 Å². The number of hydrogen-bond acceptors (Lipinski definition) is 1. The van der Waals surface area contributed by atoms with E-state index in [9.17, 15) is 4.55 Å². The van der Waals surface area contributed by atoms with Gasteiger partial charge in [-0.05, 0) is 48.7 Å². The fourth-order valence-corrected chi connectivity index (χ4v) is 3.21. The molecule has 0 amide bonds. The molecule has 0 aliphatic heterocycles. The summed E-state index contributed by atoms with van der Waals surface area (Å²) in [6.07, 6.45) is 14.5. The van der Waals surface area contributed by atoms with Gasteiger partial charge in [0.25, 0.3) is 0 Å². The van der Waals surface area contributed by atoms with E-state index in [0.29, 0.717) is 5.92 Å². The van der Waals surface area contributed by atoms with Crippen molar-refractivity contribution in [3.8, 4) is 0 Å². The maximum absolute atomic E-state index is 12.3. The average molecular weight is 234 g/mol. The van der Waals surface area contributed by atoms with Crippen molar-refractivity contribution in [1.29, 1.82) is 0 Å². The van der Waals surface area contributed by atoms with Crippen LogP contribution in [-0.2, 0) is 11.2 Å². The molecule has 0 spiro atoms. The van der Waals surface area contributed by atoms with Crippen molar-refractivity contribution < 1.29 is 4.55 Å². The van der Waals surface area contributed by atoms with E-state index in [4.69, 9.17) is 0 Å². The van der Waals surface area contributed by atoms with E-state index in [-0.39, 0.29) is 5.25 Å². The predicted molar refractivity (Wildman–Crippen MR) is 70.4 cm³/mol. The molecule has 0 N–H and O–H groups in total. The molecule has 0 aromatic heterocycles. The summed E-state index contributed by atoms with van der Waals surface area (Å²) in [5, 5.41) is 0.160. The minimum Gasteiger partial charge on any atom is -0.611 e. The van der Waals surface area contributed by atoms with Crippen LogP contribution in [0.15, 0.2) is 46.9 Å². The molecule has 1 nitrogen and oxygen atoms in total. The van der Waals surface area contributed by atoms with Crippen molar-refractivity contribution in [2.75, 3.05) is 0 Å². The van der Waals surface area contributed by atoms with Crippen molar-refractivity contribution >= 4 is 11.2 Å². The normalized spacial score (nSPS) is 30.9. The van der Waals surface area contributed by atoms with E-state index >= 15 is 0 Å². The Morgan fingerprint density at radius 2 is 2.00 bits per heavy atom. The molecule has 2 heteroatoms. The molecule has 2 aliphatic rings. The quantitative estimate of drug-likeness (QED) is 0.671. The molecule has 0 saturated heterocycles. The van der Waals surface area contributed by atoms with E-state index in [0.717, 1.165) is 17.7 Å². The molecule has 0 radical (unpaired) electrons. The zero-order valence-corrected chi connectivity index (χ0v) is 10.7.